The summed E-state index contributed by atoms with van der Waals surface area (Å²) in [6, 6.07) is 0. The Kier molecular flexibility index (Phi) is 12.9. The third-order valence-corrected chi connectivity index (χ3v) is 2.62. The molecule has 0 aromatic rings. The minimum Gasteiger partial charge on any atom is -0.353 e. The lowest BCUT2D eigenvalue weighted by Gasteiger charge is -2.22. The summed E-state index contributed by atoms with van der Waals surface area (Å²) in [6.07, 6.45) is 2.24. The van der Waals surface area contributed by atoms with Crippen LogP contribution in [0.4, 0.5) is 0 Å². The summed E-state index contributed by atoms with van der Waals surface area (Å²) in [5.41, 5.74) is 1.04. The monoisotopic (exact) mass is 396 g/mol. The summed E-state index contributed by atoms with van der Waals surface area (Å²) >= 11 is 0. The van der Waals surface area contributed by atoms with E-state index in [1.807, 2.05) is 14.0 Å². The van der Waals surface area contributed by atoms with Gasteiger partial charge in [0.05, 0.1) is 0 Å². The molecule has 0 unspecified atom stereocenters. The SMILES string of the molecule is C=C(C)CNC(=NCC(=O)N(C)C)N(C)CCCC.I. The Morgan fingerprint density at radius 3 is 2.35 bits per heavy atom. The van der Waals surface area contributed by atoms with Crippen LogP contribution in [0.3, 0.4) is 0 Å². The molecule has 0 aliphatic heterocycles. The van der Waals surface area contributed by atoms with Crippen molar-refractivity contribution in [1.82, 2.24) is 15.1 Å². The van der Waals surface area contributed by atoms with Crippen LogP contribution in [0.5, 0.6) is 0 Å². The van der Waals surface area contributed by atoms with Gasteiger partial charge in [-0.1, -0.05) is 25.5 Å². The van der Waals surface area contributed by atoms with Gasteiger partial charge >= 0.3 is 0 Å². The lowest BCUT2D eigenvalue weighted by molar-refractivity contribution is -0.127. The van der Waals surface area contributed by atoms with E-state index in [1.165, 1.54) is 0 Å². The maximum absolute atomic E-state index is 11.6. The second-order valence-electron chi connectivity index (χ2n) is 5.01. The van der Waals surface area contributed by atoms with Gasteiger partial charge < -0.3 is 15.1 Å². The summed E-state index contributed by atoms with van der Waals surface area (Å²) in [5, 5.41) is 3.23. The normalized spacial score (nSPS) is 10.6. The molecule has 5 nitrogen and oxygen atoms in total. The lowest BCUT2D eigenvalue weighted by atomic mass is 10.3. The highest BCUT2D eigenvalue weighted by Crippen LogP contribution is 1.95. The molecule has 6 heteroatoms. The summed E-state index contributed by atoms with van der Waals surface area (Å²) in [6.45, 7) is 9.74. The molecule has 0 aromatic carbocycles. The second kappa shape index (κ2) is 12.0. The molecule has 0 saturated carbocycles. The number of aliphatic imine (C=N–C) groups is 1. The van der Waals surface area contributed by atoms with E-state index in [-0.39, 0.29) is 36.4 Å². The van der Waals surface area contributed by atoms with Gasteiger partial charge in [0.15, 0.2) is 5.96 Å². The first kappa shape index (κ1) is 21.5. The van der Waals surface area contributed by atoms with Crippen molar-refractivity contribution in [3.8, 4) is 0 Å². The number of carbonyl (C=O) groups is 1. The highest BCUT2D eigenvalue weighted by Gasteiger charge is 2.08. The van der Waals surface area contributed by atoms with Crippen LogP contribution >= 0.6 is 24.0 Å². The number of unbranched alkanes of at least 4 members (excludes halogenated alkanes) is 1. The average molecular weight is 396 g/mol. The molecule has 20 heavy (non-hydrogen) atoms. The highest BCUT2D eigenvalue weighted by atomic mass is 127. The van der Waals surface area contributed by atoms with Gasteiger partial charge in [-0.2, -0.15) is 0 Å². The zero-order chi connectivity index (χ0) is 14.8. The number of nitrogens with zero attached hydrogens (tertiary/aromatic N) is 3. The molecular formula is C14H29IN4O. The Bertz CT molecular complexity index is 329. The smallest absolute Gasteiger partial charge is 0.243 e. The summed E-state index contributed by atoms with van der Waals surface area (Å²) < 4.78 is 0. The Labute approximate surface area is 140 Å². The molecule has 0 aliphatic carbocycles. The zero-order valence-electron chi connectivity index (χ0n) is 13.4. The van der Waals surface area contributed by atoms with E-state index in [0.29, 0.717) is 6.54 Å². The molecule has 118 valence electrons. The van der Waals surface area contributed by atoms with Crippen molar-refractivity contribution in [2.24, 2.45) is 4.99 Å². The average Bonchev–Trinajstić information content (AvgIpc) is 2.35. The molecule has 1 amide bonds. The van der Waals surface area contributed by atoms with E-state index in [0.717, 1.165) is 30.9 Å². The number of carbonyl (C=O) groups excluding carboxylic acids is 1. The van der Waals surface area contributed by atoms with Crippen LogP contribution < -0.4 is 5.32 Å². The lowest BCUT2D eigenvalue weighted by Crippen LogP contribution is -2.41. The van der Waals surface area contributed by atoms with Crippen LogP contribution in [0, 0.1) is 0 Å². The molecule has 0 rings (SSSR count). The van der Waals surface area contributed by atoms with Gasteiger partial charge in [0.2, 0.25) is 5.91 Å². The van der Waals surface area contributed by atoms with Gasteiger partial charge in [-0.05, 0) is 13.3 Å². The fraction of sp³-hybridized carbons (Fsp3) is 0.714. The molecule has 0 aliphatic rings. The van der Waals surface area contributed by atoms with E-state index in [4.69, 9.17) is 0 Å². The molecular weight excluding hydrogens is 367 g/mol. The summed E-state index contributed by atoms with van der Waals surface area (Å²) in [5.74, 6) is 0.755. The van der Waals surface area contributed by atoms with E-state index < -0.39 is 0 Å². The fourth-order valence-electron chi connectivity index (χ4n) is 1.33. The maximum Gasteiger partial charge on any atom is 0.243 e. The number of likely N-dealkylation sites (N-methyl/N-ethyl adjacent to an activating group) is 1. The zero-order valence-corrected chi connectivity index (χ0v) is 15.7. The Morgan fingerprint density at radius 1 is 1.30 bits per heavy atom. The van der Waals surface area contributed by atoms with Gasteiger partial charge in [-0.15, -0.1) is 24.0 Å². The first-order valence-electron chi connectivity index (χ1n) is 6.72. The first-order valence-corrected chi connectivity index (χ1v) is 6.72. The largest absolute Gasteiger partial charge is 0.353 e. The van der Waals surface area contributed by atoms with Crippen molar-refractivity contribution in [3.63, 3.8) is 0 Å². The van der Waals surface area contributed by atoms with Crippen molar-refractivity contribution in [2.45, 2.75) is 26.7 Å². The number of rotatable bonds is 7. The molecule has 0 aromatic heterocycles. The predicted molar refractivity (Wildman–Crippen MR) is 96.8 cm³/mol. The molecule has 0 fully saturated rings. The van der Waals surface area contributed by atoms with Crippen molar-refractivity contribution >= 4 is 35.8 Å². The van der Waals surface area contributed by atoms with Crippen molar-refractivity contribution in [2.75, 3.05) is 40.8 Å². The molecule has 1 N–H and O–H groups in total. The van der Waals surface area contributed by atoms with E-state index in [2.05, 4.69) is 28.7 Å². The van der Waals surface area contributed by atoms with Crippen LogP contribution in [0.25, 0.3) is 0 Å². The molecule has 0 spiro atoms. The molecule has 0 atom stereocenters. The third kappa shape index (κ3) is 10.1. The topological polar surface area (TPSA) is 47.9 Å². The van der Waals surface area contributed by atoms with Gasteiger partial charge in [-0.3, -0.25) is 4.79 Å². The van der Waals surface area contributed by atoms with Crippen LogP contribution in [-0.4, -0.2) is 62.4 Å². The molecule has 0 radical (unpaired) electrons. The first-order chi connectivity index (χ1) is 8.88. The Balaban J connectivity index is 0. The number of guanidine groups is 1. The van der Waals surface area contributed by atoms with Gasteiger partial charge in [0, 0.05) is 34.2 Å². The fourth-order valence-corrected chi connectivity index (χ4v) is 1.33. The second-order valence-corrected chi connectivity index (χ2v) is 5.01. The summed E-state index contributed by atoms with van der Waals surface area (Å²) in [4.78, 5) is 19.5. The van der Waals surface area contributed by atoms with Crippen LogP contribution in [-0.2, 0) is 4.79 Å². The third-order valence-electron chi connectivity index (χ3n) is 2.62. The van der Waals surface area contributed by atoms with E-state index >= 15 is 0 Å². The van der Waals surface area contributed by atoms with E-state index in [1.54, 1.807) is 19.0 Å². The van der Waals surface area contributed by atoms with Crippen molar-refractivity contribution < 1.29 is 4.79 Å². The van der Waals surface area contributed by atoms with Crippen LogP contribution in [0.1, 0.15) is 26.7 Å². The molecule has 0 heterocycles. The number of hydrogen-bond donors (Lipinski definition) is 1. The van der Waals surface area contributed by atoms with Crippen LogP contribution in [0.15, 0.2) is 17.1 Å². The number of halogens is 1. The number of nitrogens with one attached hydrogen (secondary N) is 1. The minimum atomic E-state index is -0.00137. The van der Waals surface area contributed by atoms with Gasteiger partial charge in [0.1, 0.15) is 6.54 Å². The maximum atomic E-state index is 11.6. The summed E-state index contributed by atoms with van der Waals surface area (Å²) in [7, 11) is 5.46. The quantitative estimate of drug-likeness (QED) is 0.310. The van der Waals surface area contributed by atoms with Crippen molar-refractivity contribution in [1.29, 1.82) is 0 Å². The highest BCUT2D eigenvalue weighted by molar-refractivity contribution is 14.0. The predicted octanol–water partition coefficient (Wildman–Crippen LogP) is 1.95. The van der Waals surface area contributed by atoms with E-state index in [9.17, 15) is 4.79 Å². The molecule has 0 saturated heterocycles. The van der Waals surface area contributed by atoms with Crippen LogP contribution in [0.2, 0.25) is 0 Å². The van der Waals surface area contributed by atoms with Crippen molar-refractivity contribution in [3.05, 3.63) is 12.2 Å². The minimum absolute atomic E-state index is 0. The number of amides is 1. The standard InChI is InChI=1S/C14H28N4O.HI/c1-7-8-9-18(6)14(15-10-12(2)3)16-11-13(19)17(4)5;/h2,7-11H2,1,3-6H3,(H,15,16);1H. The van der Waals surface area contributed by atoms with Gasteiger partial charge in [-0.25, -0.2) is 4.99 Å². The van der Waals surface area contributed by atoms with Gasteiger partial charge in [0.25, 0.3) is 0 Å². The molecule has 0 bridgehead atoms. The Hall–Kier alpha value is -0.790. The number of hydrogen-bond acceptors (Lipinski definition) is 2. The Morgan fingerprint density at radius 2 is 1.90 bits per heavy atom.